The third-order valence-electron chi connectivity index (χ3n) is 2.57. The molecular formula is C10H15NO2. The molecule has 3 heteroatoms. The molecule has 1 aromatic heterocycles. The third-order valence-corrected chi connectivity index (χ3v) is 2.57. The molecule has 0 bridgehead atoms. The Morgan fingerprint density at radius 2 is 2.46 bits per heavy atom. The molecule has 1 N–H and O–H groups in total. The van der Waals surface area contributed by atoms with E-state index in [4.69, 9.17) is 4.42 Å². The first-order chi connectivity index (χ1) is 6.20. The van der Waals surface area contributed by atoms with Crippen LogP contribution in [0.2, 0.25) is 0 Å². The molecule has 2 rings (SSSR count). The molecule has 0 amide bonds. The Labute approximate surface area is 78.0 Å². The number of aliphatic hydroxyl groups is 1. The summed E-state index contributed by atoms with van der Waals surface area (Å²) in [4.78, 5) is 2.18. The summed E-state index contributed by atoms with van der Waals surface area (Å²) in [5.41, 5.74) is 0.974. The fourth-order valence-corrected chi connectivity index (χ4v) is 1.84. The summed E-state index contributed by atoms with van der Waals surface area (Å²) in [5, 5.41) is 9.77. The Balaban J connectivity index is 2.30. The Morgan fingerprint density at radius 1 is 1.69 bits per heavy atom. The summed E-state index contributed by atoms with van der Waals surface area (Å²) in [5.74, 6) is 1.82. The molecule has 1 unspecified atom stereocenters. The largest absolute Gasteiger partial charge is 0.465 e. The van der Waals surface area contributed by atoms with E-state index in [1.165, 1.54) is 0 Å². The average Bonchev–Trinajstić information content (AvgIpc) is 2.46. The Hall–Kier alpha value is -0.800. The Morgan fingerprint density at radius 3 is 3.15 bits per heavy atom. The number of β-amino-alcohol motifs (C(OH)–C–C–N with tert-alkyl or cyclic N) is 1. The summed E-state index contributed by atoms with van der Waals surface area (Å²) < 4.78 is 5.51. The fourth-order valence-electron chi connectivity index (χ4n) is 1.84. The first-order valence-electron chi connectivity index (χ1n) is 4.70. The molecule has 3 nitrogen and oxygen atoms in total. The van der Waals surface area contributed by atoms with E-state index < -0.39 is 0 Å². The standard InChI is InChI=1S/C10H15NO2/c1-3-11-5-9(12)8-4-7(2)13-10(8)6-11/h4,9,12H,3,5-6H2,1-2H3. The van der Waals surface area contributed by atoms with Crippen LogP contribution in [-0.4, -0.2) is 23.1 Å². The summed E-state index contributed by atoms with van der Waals surface area (Å²) in [6.45, 7) is 6.52. The average molecular weight is 181 g/mol. The highest BCUT2D eigenvalue weighted by atomic mass is 16.3. The number of aliphatic hydroxyl groups excluding tert-OH is 1. The van der Waals surface area contributed by atoms with Gasteiger partial charge in [-0.05, 0) is 19.5 Å². The zero-order valence-electron chi connectivity index (χ0n) is 8.08. The number of hydrogen-bond acceptors (Lipinski definition) is 3. The van der Waals surface area contributed by atoms with Crippen LogP contribution in [0.25, 0.3) is 0 Å². The van der Waals surface area contributed by atoms with Crippen molar-refractivity contribution >= 4 is 0 Å². The molecule has 72 valence electrons. The molecule has 0 radical (unpaired) electrons. The lowest BCUT2D eigenvalue weighted by Gasteiger charge is -2.27. The molecule has 1 aliphatic rings. The fraction of sp³-hybridized carbons (Fsp3) is 0.600. The molecule has 13 heavy (non-hydrogen) atoms. The number of nitrogens with zero attached hydrogens (tertiary/aromatic N) is 1. The van der Waals surface area contributed by atoms with Crippen molar-refractivity contribution in [2.75, 3.05) is 13.1 Å². The van der Waals surface area contributed by atoms with Crippen LogP contribution in [0.5, 0.6) is 0 Å². The smallest absolute Gasteiger partial charge is 0.123 e. The third kappa shape index (κ3) is 1.49. The van der Waals surface area contributed by atoms with Crippen molar-refractivity contribution in [3.63, 3.8) is 0 Å². The quantitative estimate of drug-likeness (QED) is 0.712. The molecule has 0 saturated carbocycles. The summed E-state index contributed by atoms with van der Waals surface area (Å²) >= 11 is 0. The molecule has 1 aliphatic heterocycles. The van der Waals surface area contributed by atoms with Crippen molar-refractivity contribution < 1.29 is 9.52 Å². The number of fused-ring (bicyclic) bond motifs is 1. The minimum atomic E-state index is -0.374. The summed E-state index contributed by atoms with van der Waals surface area (Å²) in [6.07, 6.45) is -0.374. The highest BCUT2D eigenvalue weighted by molar-refractivity contribution is 5.26. The van der Waals surface area contributed by atoms with Crippen molar-refractivity contribution in [3.8, 4) is 0 Å². The number of likely N-dealkylation sites (N-methyl/N-ethyl adjacent to an activating group) is 1. The zero-order valence-corrected chi connectivity index (χ0v) is 8.08. The second-order valence-corrected chi connectivity index (χ2v) is 3.58. The van der Waals surface area contributed by atoms with Crippen molar-refractivity contribution in [2.45, 2.75) is 26.5 Å². The first-order valence-corrected chi connectivity index (χ1v) is 4.70. The lowest BCUT2D eigenvalue weighted by atomic mass is 10.1. The maximum atomic E-state index is 9.77. The van der Waals surface area contributed by atoms with E-state index in [1.807, 2.05) is 13.0 Å². The van der Waals surface area contributed by atoms with Crippen molar-refractivity contribution in [2.24, 2.45) is 0 Å². The Bertz CT molecular complexity index is 306. The van der Waals surface area contributed by atoms with Crippen LogP contribution in [-0.2, 0) is 6.54 Å². The summed E-state index contributed by atoms with van der Waals surface area (Å²) in [7, 11) is 0. The normalized spacial score (nSPS) is 23.2. The van der Waals surface area contributed by atoms with Crippen LogP contribution in [0.1, 0.15) is 30.1 Å². The van der Waals surface area contributed by atoms with Gasteiger partial charge in [0.1, 0.15) is 11.5 Å². The van der Waals surface area contributed by atoms with Gasteiger partial charge in [-0.1, -0.05) is 6.92 Å². The van der Waals surface area contributed by atoms with Gasteiger partial charge < -0.3 is 9.52 Å². The van der Waals surface area contributed by atoms with E-state index in [2.05, 4.69) is 11.8 Å². The number of furan rings is 1. The number of aryl methyl sites for hydroxylation is 1. The first kappa shape index (κ1) is 8.78. The molecule has 0 saturated heterocycles. The molecular weight excluding hydrogens is 166 g/mol. The van der Waals surface area contributed by atoms with Crippen molar-refractivity contribution in [1.82, 2.24) is 4.90 Å². The van der Waals surface area contributed by atoms with Gasteiger partial charge in [0.25, 0.3) is 0 Å². The predicted octanol–water partition coefficient (Wildman–Crippen LogP) is 1.46. The maximum Gasteiger partial charge on any atom is 0.123 e. The number of rotatable bonds is 1. The van der Waals surface area contributed by atoms with E-state index in [9.17, 15) is 5.11 Å². The maximum absolute atomic E-state index is 9.77. The second kappa shape index (κ2) is 3.16. The van der Waals surface area contributed by atoms with Crippen LogP contribution in [0, 0.1) is 6.92 Å². The summed E-state index contributed by atoms with van der Waals surface area (Å²) in [6, 6.07) is 1.94. The van der Waals surface area contributed by atoms with Crippen LogP contribution in [0.4, 0.5) is 0 Å². The van der Waals surface area contributed by atoms with E-state index in [0.29, 0.717) is 0 Å². The van der Waals surface area contributed by atoms with Gasteiger partial charge in [-0.25, -0.2) is 0 Å². The van der Waals surface area contributed by atoms with Crippen LogP contribution in [0.15, 0.2) is 10.5 Å². The van der Waals surface area contributed by atoms with E-state index >= 15 is 0 Å². The van der Waals surface area contributed by atoms with E-state index in [-0.39, 0.29) is 6.10 Å². The number of hydrogen-bond donors (Lipinski definition) is 1. The van der Waals surface area contributed by atoms with Gasteiger partial charge in [0.05, 0.1) is 12.6 Å². The highest BCUT2D eigenvalue weighted by Crippen LogP contribution is 2.28. The van der Waals surface area contributed by atoms with Gasteiger partial charge in [0.2, 0.25) is 0 Å². The SMILES string of the molecule is CCN1Cc2oc(C)cc2C(O)C1. The van der Waals surface area contributed by atoms with Crippen molar-refractivity contribution in [3.05, 3.63) is 23.2 Å². The molecule has 1 atom stereocenters. The predicted molar refractivity (Wildman–Crippen MR) is 49.4 cm³/mol. The zero-order chi connectivity index (χ0) is 9.42. The Kier molecular flexibility index (Phi) is 2.14. The molecule has 2 heterocycles. The minimum absolute atomic E-state index is 0.374. The van der Waals surface area contributed by atoms with Gasteiger partial charge in [-0.2, -0.15) is 0 Å². The van der Waals surface area contributed by atoms with Gasteiger partial charge >= 0.3 is 0 Å². The van der Waals surface area contributed by atoms with Crippen LogP contribution in [0.3, 0.4) is 0 Å². The highest BCUT2D eigenvalue weighted by Gasteiger charge is 2.25. The van der Waals surface area contributed by atoms with Gasteiger partial charge in [0.15, 0.2) is 0 Å². The van der Waals surface area contributed by atoms with E-state index in [0.717, 1.165) is 36.7 Å². The van der Waals surface area contributed by atoms with E-state index in [1.54, 1.807) is 0 Å². The van der Waals surface area contributed by atoms with Gasteiger partial charge in [-0.3, -0.25) is 4.90 Å². The topological polar surface area (TPSA) is 36.6 Å². The van der Waals surface area contributed by atoms with Gasteiger partial charge in [-0.15, -0.1) is 0 Å². The lowest BCUT2D eigenvalue weighted by molar-refractivity contribution is 0.0877. The molecule has 0 aliphatic carbocycles. The molecule has 0 spiro atoms. The van der Waals surface area contributed by atoms with Crippen LogP contribution >= 0.6 is 0 Å². The molecule has 0 fully saturated rings. The molecule has 0 aromatic carbocycles. The molecule has 1 aromatic rings. The minimum Gasteiger partial charge on any atom is -0.465 e. The van der Waals surface area contributed by atoms with Gasteiger partial charge in [0, 0.05) is 12.1 Å². The second-order valence-electron chi connectivity index (χ2n) is 3.58. The van der Waals surface area contributed by atoms with Crippen molar-refractivity contribution in [1.29, 1.82) is 0 Å². The van der Waals surface area contributed by atoms with Crippen LogP contribution < -0.4 is 0 Å². The monoisotopic (exact) mass is 181 g/mol. The lowest BCUT2D eigenvalue weighted by Crippen LogP contribution is -2.32.